The molecule has 0 bridgehead atoms. The zero-order valence-electron chi connectivity index (χ0n) is 10.7. The molecule has 3 rings (SSSR count). The third-order valence-electron chi connectivity index (χ3n) is 3.18. The highest BCUT2D eigenvalue weighted by Crippen LogP contribution is 2.23. The summed E-state index contributed by atoms with van der Waals surface area (Å²) in [7, 11) is 0. The maximum atomic E-state index is 11.4. The molecule has 2 aromatic carbocycles. The Labute approximate surface area is 115 Å². The van der Waals surface area contributed by atoms with Gasteiger partial charge in [0.05, 0.1) is 11.2 Å². The molecule has 1 heterocycles. The van der Waals surface area contributed by atoms with Crippen molar-refractivity contribution < 1.29 is 9.90 Å². The molecule has 5 heteroatoms. The number of imidazole rings is 1. The average Bonchev–Trinajstić information content (AvgIpc) is 2.81. The van der Waals surface area contributed by atoms with Crippen LogP contribution in [0.2, 0.25) is 0 Å². The second kappa shape index (κ2) is 4.70. The first-order valence-corrected chi connectivity index (χ1v) is 6.19. The first kappa shape index (κ1) is 12.2. The fourth-order valence-corrected chi connectivity index (χ4v) is 2.26. The van der Waals surface area contributed by atoms with Crippen molar-refractivity contribution in [1.29, 1.82) is 0 Å². The molecule has 3 N–H and O–H groups in total. The van der Waals surface area contributed by atoms with Gasteiger partial charge in [-0.05, 0) is 17.7 Å². The Balaban J connectivity index is 2.19. The number of hydrogen-bond donors (Lipinski definition) is 2. The molecule has 1 aromatic heterocycles. The standard InChI is InChI=1S/C15H13N3O2/c16-11-7-4-8-12-13(11)17-14(15(19)20)18(12)9-10-5-2-1-3-6-10/h1-8H,9,16H2,(H,19,20). The summed E-state index contributed by atoms with van der Waals surface area (Å²) in [6.45, 7) is 0.447. The fourth-order valence-electron chi connectivity index (χ4n) is 2.26. The topological polar surface area (TPSA) is 81.1 Å². The van der Waals surface area contributed by atoms with Crippen LogP contribution in [0.25, 0.3) is 11.0 Å². The Morgan fingerprint density at radius 3 is 2.60 bits per heavy atom. The van der Waals surface area contributed by atoms with Gasteiger partial charge < -0.3 is 15.4 Å². The molecule has 0 radical (unpaired) electrons. The third-order valence-corrected chi connectivity index (χ3v) is 3.18. The number of nitrogens with zero attached hydrogens (tertiary/aromatic N) is 2. The molecule has 20 heavy (non-hydrogen) atoms. The number of carbonyl (C=O) groups is 1. The quantitative estimate of drug-likeness (QED) is 0.714. The molecule has 100 valence electrons. The van der Waals surface area contributed by atoms with Crippen LogP contribution in [0.15, 0.2) is 48.5 Å². The molecule has 0 aliphatic carbocycles. The summed E-state index contributed by atoms with van der Waals surface area (Å²) in [6.07, 6.45) is 0. The molecule has 0 saturated heterocycles. The number of anilines is 1. The van der Waals surface area contributed by atoms with Crippen LogP contribution in [0.4, 0.5) is 5.69 Å². The van der Waals surface area contributed by atoms with E-state index in [1.807, 2.05) is 36.4 Å². The summed E-state index contributed by atoms with van der Waals surface area (Å²) in [5.74, 6) is -1.06. The van der Waals surface area contributed by atoms with Crippen LogP contribution in [0.5, 0.6) is 0 Å². The van der Waals surface area contributed by atoms with Crippen LogP contribution in [-0.4, -0.2) is 20.6 Å². The van der Waals surface area contributed by atoms with Crippen LogP contribution in [-0.2, 0) is 6.54 Å². The van der Waals surface area contributed by atoms with Gasteiger partial charge in [-0.25, -0.2) is 9.78 Å². The summed E-state index contributed by atoms with van der Waals surface area (Å²) in [5, 5.41) is 9.31. The minimum absolute atomic E-state index is 0.00162. The number of nitrogens with two attached hydrogens (primary N) is 1. The van der Waals surface area contributed by atoms with Crippen molar-refractivity contribution >= 4 is 22.7 Å². The van der Waals surface area contributed by atoms with E-state index in [9.17, 15) is 9.90 Å². The van der Waals surface area contributed by atoms with E-state index in [2.05, 4.69) is 4.98 Å². The molecule has 0 aliphatic heterocycles. The van der Waals surface area contributed by atoms with Gasteiger partial charge in [0.25, 0.3) is 0 Å². The lowest BCUT2D eigenvalue weighted by molar-refractivity contribution is 0.0679. The van der Waals surface area contributed by atoms with Gasteiger partial charge in [0.15, 0.2) is 0 Å². The number of para-hydroxylation sites is 1. The highest BCUT2D eigenvalue weighted by molar-refractivity contribution is 5.94. The monoisotopic (exact) mass is 267 g/mol. The summed E-state index contributed by atoms with van der Waals surface area (Å²) < 4.78 is 1.67. The predicted molar refractivity (Wildman–Crippen MR) is 76.6 cm³/mol. The summed E-state index contributed by atoms with van der Waals surface area (Å²) in [6, 6.07) is 15.0. The lowest BCUT2D eigenvalue weighted by Gasteiger charge is -2.07. The number of aromatic nitrogens is 2. The molecule has 0 saturated carbocycles. The molecule has 0 aliphatic rings. The van der Waals surface area contributed by atoms with Gasteiger partial charge in [-0.3, -0.25) is 0 Å². The molecular formula is C15H13N3O2. The lowest BCUT2D eigenvalue weighted by atomic mass is 10.2. The number of benzene rings is 2. The largest absolute Gasteiger partial charge is 0.475 e. The van der Waals surface area contributed by atoms with Gasteiger partial charge in [-0.2, -0.15) is 0 Å². The maximum Gasteiger partial charge on any atom is 0.372 e. The Kier molecular flexibility index (Phi) is 2.87. The van der Waals surface area contributed by atoms with E-state index in [0.717, 1.165) is 11.1 Å². The van der Waals surface area contributed by atoms with Crippen LogP contribution in [0, 0.1) is 0 Å². The Morgan fingerprint density at radius 1 is 1.15 bits per heavy atom. The second-order valence-electron chi connectivity index (χ2n) is 4.53. The Bertz CT molecular complexity index is 778. The predicted octanol–water partition coefficient (Wildman–Crippen LogP) is 2.37. The highest BCUT2D eigenvalue weighted by atomic mass is 16.4. The number of nitrogen functional groups attached to an aromatic ring is 1. The van der Waals surface area contributed by atoms with Gasteiger partial charge in [0, 0.05) is 6.54 Å². The number of fused-ring (bicyclic) bond motifs is 1. The van der Waals surface area contributed by atoms with Crippen molar-refractivity contribution in [2.24, 2.45) is 0 Å². The average molecular weight is 267 g/mol. The summed E-state index contributed by atoms with van der Waals surface area (Å²) in [4.78, 5) is 15.5. The zero-order valence-corrected chi connectivity index (χ0v) is 10.7. The summed E-state index contributed by atoms with van der Waals surface area (Å²) >= 11 is 0. The van der Waals surface area contributed by atoms with Crippen LogP contribution < -0.4 is 5.73 Å². The number of carboxylic acids is 1. The van der Waals surface area contributed by atoms with Crippen LogP contribution in [0.1, 0.15) is 16.2 Å². The Hall–Kier alpha value is -2.82. The maximum absolute atomic E-state index is 11.4. The van der Waals surface area contributed by atoms with Crippen LogP contribution >= 0.6 is 0 Å². The van der Waals surface area contributed by atoms with Gasteiger partial charge in [-0.1, -0.05) is 36.4 Å². The number of hydrogen-bond acceptors (Lipinski definition) is 3. The number of aromatic carboxylic acids is 1. The number of rotatable bonds is 3. The SMILES string of the molecule is Nc1cccc2c1nc(C(=O)O)n2Cc1ccccc1. The first-order chi connectivity index (χ1) is 9.66. The van der Waals surface area contributed by atoms with Crippen LogP contribution in [0.3, 0.4) is 0 Å². The Morgan fingerprint density at radius 2 is 1.90 bits per heavy atom. The fraction of sp³-hybridized carbons (Fsp3) is 0.0667. The lowest BCUT2D eigenvalue weighted by Crippen LogP contribution is -2.10. The first-order valence-electron chi connectivity index (χ1n) is 6.19. The van der Waals surface area contributed by atoms with E-state index in [4.69, 9.17) is 5.73 Å². The number of carboxylic acid groups (broad SMARTS) is 1. The normalized spacial score (nSPS) is 10.8. The van der Waals surface area contributed by atoms with Gasteiger partial charge >= 0.3 is 5.97 Å². The zero-order chi connectivity index (χ0) is 14.1. The summed E-state index contributed by atoms with van der Waals surface area (Å²) in [5.41, 5.74) is 8.61. The van der Waals surface area contributed by atoms with E-state index >= 15 is 0 Å². The van der Waals surface area contributed by atoms with E-state index < -0.39 is 5.97 Å². The van der Waals surface area contributed by atoms with Crippen molar-refractivity contribution in [3.8, 4) is 0 Å². The van der Waals surface area contributed by atoms with Crippen molar-refractivity contribution in [2.45, 2.75) is 6.54 Å². The smallest absolute Gasteiger partial charge is 0.372 e. The second-order valence-corrected chi connectivity index (χ2v) is 4.53. The van der Waals surface area contributed by atoms with Crippen molar-refractivity contribution in [1.82, 2.24) is 9.55 Å². The van der Waals surface area contributed by atoms with Crippen molar-refractivity contribution in [3.63, 3.8) is 0 Å². The third kappa shape index (κ3) is 1.99. The molecule has 5 nitrogen and oxygen atoms in total. The molecule has 0 atom stereocenters. The molecule has 0 unspecified atom stereocenters. The van der Waals surface area contributed by atoms with E-state index in [1.165, 1.54) is 0 Å². The van der Waals surface area contributed by atoms with Gasteiger partial charge in [0.1, 0.15) is 5.52 Å². The highest BCUT2D eigenvalue weighted by Gasteiger charge is 2.17. The van der Waals surface area contributed by atoms with E-state index in [0.29, 0.717) is 17.7 Å². The minimum atomic E-state index is -1.06. The molecule has 3 aromatic rings. The van der Waals surface area contributed by atoms with Crippen molar-refractivity contribution in [3.05, 3.63) is 59.9 Å². The van der Waals surface area contributed by atoms with Crippen molar-refractivity contribution in [2.75, 3.05) is 5.73 Å². The molecule has 0 fully saturated rings. The van der Waals surface area contributed by atoms with Gasteiger partial charge in [0.2, 0.25) is 5.82 Å². The molecular weight excluding hydrogens is 254 g/mol. The van der Waals surface area contributed by atoms with E-state index in [1.54, 1.807) is 16.7 Å². The van der Waals surface area contributed by atoms with E-state index in [-0.39, 0.29) is 5.82 Å². The molecule has 0 amide bonds. The molecule has 0 spiro atoms. The minimum Gasteiger partial charge on any atom is -0.475 e. The van der Waals surface area contributed by atoms with Gasteiger partial charge in [-0.15, -0.1) is 0 Å².